The number of nitriles is 1. The lowest BCUT2D eigenvalue weighted by atomic mass is 10.3. The van der Waals surface area contributed by atoms with Crippen LogP contribution in [0.5, 0.6) is 0 Å². The lowest BCUT2D eigenvalue weighted by molar-refractivity contribution is 0.126. The first-order chi connectivity index (χ1) is 6.86. The summed E-state index contributed by atoms with van der Waals surface area (Å²) in [5, 5.41) is 17.1. The molecule has 0 aromatic rings. The molecule has 1 aliphatic heterocycles. The number of hydrogen-bond donors (Lipinski definition) is 1. The fraction of sp³-hybridized carbons (Fsp3) is 0.900. The first-order valence-electron chi connectivity index (χ1n) is 5.29. The van der Waals surface area contributed by atoms with Crippen molar-refractivity contribution < 1.29 is 5.11 Å². The van der Waals surface area contributed by atoms with E-state index in [4.69, 9.17) is 10.4 Å². The predicted molar refractivity (Wildman–Crippen MR) is 54.8 cm³/mol. The molecule has 14 heavy (non-hydrogen) atoms. The number of aliphatic hydroxyl groups is 1. The molecule has 0 unspecified atom stereocenters. The second-order valence-electron chi connectivity index (χ2n) is 3.67. The molecule has 0 radical (unpaired) electrons. The number of piperazine rings is 1. The number of nitrogens with zero attached hydrogens (tertiary/aromatic N) is 3. The van der Waals surface area contributed by atoms with Crippen LogP contribution in [-0.2, 0) is 0 Å². The van der Waals surface area contributed by atoms with E-state index in [2.05, 4.69) is 15.9 Å². The van der Waals surface area contributed by atoms with Gasteiger partial charge in [-0.2, -0.15) is 5.26 Å². The maximum atomic E-state index is 8.69. The molecule has 0 aliphatic carbocycles. The van der Waals surface area contributed by atoms with Gasteiger partial charge in [0.1, 0.15) is 0 Å². The Morgan fingerprint density at radius 1 is 1.07 bits per heavy atom. The highest BCUT2D eigenvalue weighted by Crippen LogP contribution is 2.02. The van der Waals surface area contributed by atoms with Crippen LogP contribution in [0.15, 0.2) is 0 Å². The monoisotopic (exact) mass is 197 g/mol. The highest BCUT2D eigenvalue weighted by Gasteiger charge is 2.15. The number of hydrogen-bond acceptors (Lipinski definition) is 4. The molecule has 80 valence electrons. The Kier molecular flexibility index (Phi) is 5.53. The zero-order chi connectivity index (χ0) is 10.2. The van der Waals surface area contributed by atoms with Crippen LogP contribution < -0.4 is 0 Å². The predicted octanol–water partition coefficient (Wildman–Crippen LogP) is -0.0999. The van der Waals surface area contributed by atoms with E-state index in [0.717, 1.165) is 45.7 Å². The zero-order valence-corrected chi connectivity index (χ0v) is 8.65. The van der Waals surface area contributed by atoms with E-state index in [1.807, 2.05) is 0 Å². The minimum absolute atomic E-state index is 0.286. The first-order valence-corrected chi connectivity index (χ1v) is 5.29. The Balaban J connectivity index is 2.09. The van der Waals surface area contributed by atoms with Crippen molar-refractivity contribution in [3.05, 3.63) is 0 Å². The molecular weight excluding hydrogens is 178 g/mol. The molecule has 0 amide bonds. The number of rotatable bonds is 5. The molecule has 1 saturated heterocycles. The quantitative estimate of drug-likeness (QED) is 0.668. The standard InChI is InChI=1S/C10H19N3O/c11-3-1-4-12-6-8-13(9-7-12)5-2-10-14/h14H,1-2,4-10H2. The van der Waals surface area contributed by atoms with Gasteiger partial charge in [0, 0.05) is 52.3 Å². The lowest BCUT2D eigenvalue weighted by Gasteiger charge is -2.34. The van der Waals surface area contributed by atoms with Crippen molar-refractivity contribution in [3.63, 3.8) is 0 Å². The van der Waals surface area contributed by atoms with E-state index in [9.17, 15) is 0 Å². The Labute approximate surface area is 85.7 Å². The van der Waals surface area contributed by atoms with Gasteiger partial charge in [-0.05, 0) is 6.42 Å². The molecule has 4 heteroatoms. The molecule has 0 atom stereocenters. The van der Waals surface area contributed by atoms with Crippen LogP contribution in [-0.4, -0.2) is 60.8 Å². The molecule has 0 spiro atoms. The van der Waals surface area contributed by atoms with Crippen molar-refractivity contribution >= 4 is 0 Å². The Hall–Kier alpha value is -0.630. The second kappa shape index (κ2) is 6.77. The van der Waals surface area contributed by atoms with Crippen molar-refractivity contribution in [2.75, 3.05) is 45.9 Å². The van der Waals surface area contributed by atoms with Gasteiger partial charge in [-0.1, -0.05) is 0 Å². The molecule has 1 fully saturated rings. The SMILES string of the molecule is N#CCCN1CCN(CCCO)CC1. The van der Waals surface area contributed by atoms with E-state index >= 15 is 0 Å². The second-order valence-corrected chi connectivity index (χ2v) is 3.67. The molecule has 0 bridgehead atoms. The Bertz CT molecular complexity index is 182. The molecule has 1 aliphatic rings. The van der Waals surface area contributed by atoms with E-state index in [1.54, 1.807) is 0 Å². The lowest BCUT2D eigenvalue weighted by Crippen LogP contribution is -2.46. The third kappa shape index (κ3) is 4.05. The summed E-state index contributed by atoms with van der Waals surface area (Å²) in [7, 11) is 0. The summed E-state index contributed by atoms with van der Waals surface area (Å²) in [6, 6.07) is 2.17. The van der Waals surface area contributed by atoms with Gasteiger partial charge in [0.2, 0.25) is 0 Å². The summed E-state index contributed by atoms with van der Waals surface area (Å²) in [4.78, 5) is 4.71. The first kappa shape index (κ1) is 11.4. The van der Waals surface area contributed by atoms with Gasteiger partial charge in [-0.15, -0.1) is 0 Å². The molecule has 0 saturated carbocycles. The van der Waals surface area contributed by atoms with Gasteiger partial charge >= 0.3 is 0 Å². The van der Waals surface area contributed by atoms with Crippen molar-refractivity contribution in [1.82, 2.24) is 9.80 Å². The molecular formula is C10H19N3O. The summed E-state index contributed by atoms with van der Waals surface area (Å²) in [6.07, 6.45) is 1.51. The van der Waals surface area contributed by atoms with Crippen LogP contribution in [0.1, 0.15) is 12.8 Å². The van der Waals surface area contributed by atoms with Gasteiger partial charge in [-0.25, -0.2) is 0 Å². The maximum Gasteiger partial charge on any atom is 0.0635 e. The summed E-state index contributed by atoms with van der Waals surface area (Å²) < 4.78 is 0. The van der Waals surface area contributed by atoms with Crippen LogP contribution in [0.3, 0.4) is 0 Å². The van der Waals surface area contributed by atoms with Crippen molar-refractivity contribution in [2.24, 2.45) is 0 Å². The average Bonchev–Trinajstić information content (AvgIpc) is 2.25. The minimum Gasteiger partial charge on any atom is -0.396 e. The minimum atomic E-state index is 0.286. The molecule has 1 rings (SSSR count). The van der Waals surface area contributed by atoms with Gasteiger partial charge in [0.25, 0.3) is 0 Å². The van der Waals surface area contributed by atoms with Crippen molar-refractivity contribution in [1.29, 1.82) is 5.26 Å². The van der Waals surface area contributed by atoms with Gasteiger partial charge in [-0.3, -0.25) is 4.90 Å². The molecule has 1 N–H and O–H groups in total. The smallest absolute Gasteiger partial charge is 0.0635 e. The van der Waals surface area contributed by atoms with Crippen molar-refractivity contribution in [3.8, 4) is 6.07 Å². The van der Waals surface area contributed by atoms with Crippen LogP contribution in [0, 0.1) is 11.3 Å². The van der Waals surface area contributed by atoms with E-state index in [0.29, 0.717) is 6.42 Å². The average molecular weight is 197 g/mol. The van der Waals surface area contributed by atoms with Gasteiger partial charge < -0.3 is 10.0 Å². The Morgan fingerprint density at radius 3 is 2.14 bits per heavy atom. The summed E-state index contributed by atoms with van der Waals surface area (Å²) in [6.45, 7) is 6.47. The van der Waals surface area contributed by atoms with Crippen LogP contribution >= 0.6 is 0 Å². The maximum absolute atomic E-state index is 8.69. The molecule has 4 nitrogen and oxygen atoms in total. The molecule has 0 aromatic heterocycles. The van der Waals surface area contributed by atoms with E-state index in [-0.39, 0.29) is 6.61 Å². The van der Waals surface area contributed by atoms with Crippen LogP contribution in [0.4, 0.5) is 0 Å². The summed E-state index contributed by atoms with van der Waals surface area (Å²) in [5.74, 6) is 0. The fourth-order valence-electron chi connectivity index (χ4n) is 1.74. The number of aliphatic hydroxyl groups excluding tert-OH is 1. The highest BCUT2D eigenvalue weighted by atomic mass is 16.3. The fourth-order valence-corrected chi connectivity index (χ4v) is 1.74. The summed E-state index contributed by atoms with van der Waals surface area (Å²) >= 11 is 0. The van der Waals surface area contributed by atoms with Gasteiger partial charge in [0.15, 0.2) is 0 Å². The van der Waals surface area contributed by atoms with Crippen LogP contribution in [0.25, 0.3) is 0 Å². The summed E-state index contributed by atoms with van der Waals surface area (Å²) in [5.41, 5.74) is 0. The topological polar surface area (TPSA) is 50.5 Å². The third-order valence-corrected chi connectivity index (χ3v) is 2.64. The largest absolute Gasteiger partial charge is 0.396 e. The zero-order valence-electron chi connectivity index (χ0n) is 8.65. The van der Waals surface area contributed by atoms with E-state index < -0.39 is 0 Å². The molecule has 1 heterocycles. The third-order valence-electron chi connectivity index (χ3n) is 2.64. The van der Waals surface area contributed by atoms with Crippen LogP contribution in [0.2, 0.25) is 0 Å². The normalized spacial score (nSPS) is 19.4. The van der Waals surface area contributed by atoms with E-state index in [1.165, 1.54) is 0 Å². The van der Waals surface area contributed by atoms with Gasteiger partial charge in [0.05, 0.1) is 6.07 Å². The van der Waals surface area contributed by atoms with Crippen molar-refractivity contribution in [2.45, 2.75) is 12.8 Å². The Morgan fingerprint density at radius 2 is 1.64 bits per heavy atom. The highest BCUT2D eigenvalue weighted by molar-refractivity contribution is 4.76. The molecule has 0 aromatic carbocycles.